The summed E-state index contributed by atoms with van der Waals surface area (Å²) in [6.07, 6.45) is 0. The van der Waals surface area contributed by atoms with Crippen molar-refractivity contribution in [2.24, 2.45) is 9.63 Å². The third kappa shape index (κ3) is 3.90. The van der Waals surface area contributed by atoms with Gasteiger partial charge in [0.2, 0.25) is 11.8 Å². The molecule has 0 aliphatic rings. The van der Waals surface area contributed by atoms with Crippen LogP contribution in [0.5, 0.6) is 11.6 Å². The van der Waals surface area contributed by atoms with E-state index in [2.05, 4.69) is 19.9 Å². The van der Waals surface area contributed by atoms with Gasteiger partial charge < -0.3 is 20.1 Å². The molecule has 0 spiro atoms. The van der Waals surface area contributed by atoms with E-state index in [0.717, 1.165) is 0 Å². The number of benzene rings is 2. The van der Waals surface area contributed by atoms with Crippen molar-refractivity contribution in [2.75, 3.05) is 12.4 Å². The quantitative estimate of drug-likeness (QED) is 0.577. The van der Waals surface area contributed by atoms with E-state index < -0.39 is 10.0 Å². The number of nitrogens with one attached hydrogen (secondary N) is 2. The number of H-pyrrole nitrogens is 1. The van der Waals surface area contributed by atoms with Crippen LogP contribution in [-0.4, -0.2) is 31.5 Å². The van der Waals surface area contributed by atoms with Crippen molar-refractivity contribution in [3.05, 3.63) is 42.5 Å². The molecule has 1 aromatic heterocycles. The maximum Gasteiger partial charge on any atom is 0.299 e. The smallest absolute Gasteiger partial charge is 0.299 e. The lowest BCUT2D eigenvalue weighted by molar-refractivity contribution is -0.114. The zero-order valence-electron chi connectivity index (χ0n) is 14.4. The molecule has 0 aliphatic heterocycles. The highest BCUT2D eigenvalue weighted by molar-refractivity contribution is 7.90. The Morgan fingerprint density at radius 3 is 2.52 bits per heavy atom. The normalized spacial score (nSPS) is 11.8. The van der Waals surface area contributed by atoms with Gasteiger partial charge in [-0.1, -0.05) is 4.52 Å². The number of rotatable bonds is 5. The summed E-state index contributed by atoms with van der Waals surface area (Å²) in [4.78, 5) is 13.6. The molecule has 0 unspecified atom stereocenters. The van der Waals surface area contributed by atoms with E-state index >= 15 is 0 Å². The lowest BCUT2D eigenvalue weighted by Gasteiger charge is -2.02. The molecule has 0 aliphatic carbocycles. The van der Waals surface area contributed by atoms with E-state index in [9.17, 15) is 18.3 Å². The molecule has 0 saturated carbocycles. The number of fused-ring (bicyclic) bond motifs is 1. The standard InChI is InChI=1S/C17H16N4O5S/c1-10(22)18-11-3-6-13(7-4-11)27(24,25)21-20-16-14-9-12(26-2)5-8-15(14)19-17(16)23/h3-9,19,23H,1-2H3,(H,18,22). The molecule has 27 heavy (non-hydrogen) atoms. The molecule has 0 saturated heterocycles. The van der Waals surface area contributed by atoms with Gasteiger partial charge in [0.25, 0.3) is 10.0 Å². The molecular weight excluding hydrogens is 372 g/mol. The summed E-state index contributed by atoms with van der Waals surface area (Å²) >= 11 is 0. The second-order valence-corrected chi connectivity index (χ2v) is 7.18. The molecule has 3 aromatic rings. The van der Waals surface area contributed by atoms with Crippen LogP contribution in [0.15, 0.2) is 57.0 Å². The highest BCUT2D eigenvalue weighted by atomic mass is 32.2. The first-order valence-electron chi connectivity index (χ1n) is 7.74. The van der Waals surface area contributed by atoms with E-state index in [1.165, 1.54) is 38.3 Å². The molecule has 0 fully saturated rings. The lowest BCUT2D eigenvalue weighted by atomic mass is 10.2. The fourth-order valence-electron chi connectivity index (χ4n) is 2.43. The zero-order chi connectivity index (χ0) is 19.6. The molecule has 3 N–H and O–H groups in total. The number of aromatic amines is 1. The number of sulfonamides is 1. The Bertz CT molecular complexity index is 1130. The van der Waals surface area contributed by atoms with E-state index in [4.69, 9.17) is 4.74 Å². The Balaban J connectivity index is 1.94. The highest BCUT2D eigenvalue weighted by Gasteiger charge is 2.16. The minimum atomic E-state index is -4.09. The van der Waals surface area contributed by atoms with Crippen molar-refractivity contribution in [1.29, 1.82) is 0 Å². The van der Waals surface area contributed by atoms with Crippen molar-refractivity contribution in [3.63, 3.8) is 0 Å². The first-order valence-corrected chi connectivity index (χ1v) is 9.18. The number of amides is 1. The van der Waals surface area contributed by atoms with Crippen LogP contribution in [-0.2, 0) is 14.8 Å². The van der Waals surface area contributed by atoms with Crippen LogP contribution in [0.1, 0.15) is 6.92 Å². The third-order valence-corrected chi connectivity index (χ3v) is 4.84. The Morgan fingerprint density at radius 2 is 1.89 bits per heavy atom. The Labute approximate surface area is 154 Å². The molecule has 1 heterocycles. The number of hydrogen-bond donors (Lipinski definition) is 3. The average Bonchev–Trinajstić information content (AvgIpc) is 2.94. The molecule has 9 nitrogen and oxygen atoms in total. The number of ether oxygens (including phenoxy) is 1. The molecule has 140 valence electrons. The average molecular weight is 388 g/mol. The summed E-state index contributed by atoms with van der Waals surface area (Å²) in [5.41, 5.74) is 1.00. The van der Waals surface area contributed by atoms with Gasteiger partial charge in [0.15, 0.2) is 5.69 Å². The van der Waals surface area contributed by atoms with Crippen molar-refractivity contribution in [1.82, 2.24) is 4.98 Å². The molecule has 0 bridgehead atoms. The van der Waals surface area contributed by atoms with Crippen molar-refractivity contribution < 1.29 is 23.1 Å². The topological polar surface area (TPSA) is 133 Å². The van der Waals surface area contributed by atoms with Crippen LogP contribution in [0.25, 0.3) is 10.9 Å². The van der Waals surface area contributed by atoms with Crippen LogP contribution in [0.3, 0.4) is 0 Å². The van der Waals surface area contributed by atoms with Crippen LogP contribution < -0.4 is 10.1 Å². The van der Waals surface area contributed by atoms with Gasteiger partial charge in [-0.15, -0.1) is 5.11 Å². The van der Waals surface area contributed by atoms with E-state index in [0.29, 0.717) is 22.3 Å². The molecule has 2 aromatic carbocycles. The first-order chi connectivity index (χ1) is 12.8. The minimum Gasteiger partial charge on any atom is -0.497 e. The van der Waals surface area contributed by atoms with E-state index in [-0.39, 0.29) is 22.4 Å². The summed E-state index contributed by atoms with van der Waals surface area (Å²) < 4.78 is 33.3. The van der Waals surface area contributed by atoms with Gasteiger partial charge in [0.1, 0.15) is 5.75 Å². The van der Waals surface area contributed by atoms with Gasteiger partial charge in [-0.25, -0.2) is 0 Å². The maximum absolute atomic E-state index is 12.4. The number of anilines is 1. The first kappa shape index (κ1) is 18.4. The zero-order valence-corrected chi connectivity index (χ0v) is 15.2. The predicted molar refractivity (Wildman–Crippen MR) is 99.0 cm³/mol. The monoisotopic (exact) mass is 388 g/mol. The van der Waals surface area contributed by atoms with E-state index in [1.54, 1.807) is 18.2 Å². The fourth-order valence-corrected chi connectivity index (χ4v) is 3.19. The summed E-state index contributed by atoms with van der Waals surface area (Å²) in [6.45, 7) is 1.35. The number of methoxy groups -OCH3 is 1. The second kappa shape index (κ2) is 7.08. The molecule has 10 heteroatoms. The number of aromatic hydroxyl groups is 1. The van der Waals surface area contributed by atoms with Crippen molar-refractivity contribution in [2.45, 2.75) is 11.8 Å². The largest absolute Gasteiger partial charge is 0.497 e. The minimum absolute atomic E-state index is 0.0117. The van der Waals surface area contributed by atoms with Gasteiger partial charge in [0.05, 0.1) is 17.5 Å². The number of hydrogen-bond acceptors (Lipinski definition) is 6. The van der Waals surface area contributed by atoms with Crippen LogP contribution in [0.4, 0.5) is 11.4 Å². The SMILES string of the molecule is COc1ccc2[nH]c(O)c(N=NS(=O)(=O)c3ccc(NC(C)=O)cc3)c2c1. The van der Waals surface area contributed by atoms with Gasteiger partial charge in [-0.3, -0.25) is 4.79 Å². The summed E-state index contributed by atoms with van der Waals surface area (Å²) in [5.74, 6) is -0.0527. The predicted octanol–water partition coefficient (Wildman–Crippen LogP) is 3.31. The summed E-state index contributed by atoms with van der Waals surface area (Å²) in [7, 11) is -2.60. The van der Waals surface area contributed by atoms with Crippen LogP contribution >= 0.6 is 0 Å². The van der Waals surface area contributed by atoms with Gasteiger partial charge in [-0.2, -0.15) is 8.42 Å². The molecular formula is C17H16N4O5S. The highest BCUT2D eigenvalue weighted by Crippen LogP contribution is 2.37. The maximum atomic E-state index is 12.4. The third-order valence-electron chi connectivity index (χ3n) is 3.68. The molecule has 3 rings (SSSR count). The lowest BCUT2D eigenvalue weighted by Crippen LogP contribution is -2.05. The van der Waals surface area contributed by atoms with Gasteiger partial charge in [0, 0.05) is 18.0 Å². The van der Waals surface area contributed by atoms with Crippen LogP contribution in [0, 0.1) is 0 Å². The second-order valence-electron chi connectivity index (χ2n) is 5.60. The summed E-state index contributed by atoms with van der Waals surface area (Å²) in [6, 6.07) is 10.5. The van der Waals surface area contributed by atoms with Gasteiger partial charge in [-0.05, 0) is 42.5 Å². The number of carbonyl (C=O) groups is 1. The molecule has 0 atom stereocenters. The number of carbonyl (C=O) groups excluding carboxylic acids is 1. The molecule has 0 radical (unpaired) electrons. The van der Waals surface area contributed by atoms with Crippen molar-refractivity contribution in [3.8, 4) is 11.6 Å². The number of nitrogens with zero attached hydrogens (tertiary/aromatic N) is 2. The fraction of sp³-hybridized carbons (Fsp3) is 0.118. The number of aromatic nitrogens is 1. The van der Waals surface area contributed by atoms with Crippen LogP contribution in [0.2, 0.25) is 0 Å². The Kier molecular flexibility index (Phi) is 4.82. The Morgan fingerprint density at radius 1 is 1.19 bits per heavy atom. The molecule has 1 amide bonds. The van der Waals surface area contributed by atoms with Gasteiger partial charge >= 0.3 is 0 Å². The van der Waals surface area contributed by atoms with Crippen molar-refractivity contribution >= 4 is 38.2 Å². The summed E-state index contributed by atoms with van der Waals surface area (Å²) in [5, 5.41) is 16.7. The van der Waals surface area contributed by atoms with E-state index in [1.807, 2.05) is 0 Å². The Hall–Kier alpha value is -3.40.